The van der Waals surface area contributed by atoms with E-state index in [1.807, 2.05) is 6.92 Å². The first-order valence-electron chi connectivity index (χ1n) is 7.58. The molecule has 0 atom stereocenters. The normalized spacial score (nSPS) is 11.2. The lowest BCUT2D eigenvalue weighted by Crippen LogP contribution is -2.28. The third-order valence-electron chi connectivity index (χ3n) is 3.89. The number of aryl methyl sites for hydroxylation is 3. The second kappa shape index (κ2) is 7.32. The Kier molecular flexibility index (Phi) is 5.62. The molecule has 4 nitrogen and oxygen atoms in total. The molecule has 6 heteroatoms. The van der Waals surface area contributed by atoms with Gasteiger partial charge in [0.15, 0.2) is 14.9 Å². The summed E-state index contributed by atoms with van der Waals surface area (Å²) in [4.78, 5) is 0.317. The van der Waals surface area contributed by atoms with Crippen molar-refractivity contribution in [3.05, 3.63) is 58.7 Å². The zero-order valence-corrected chi connectivity index (χ0v) is 15.9. The summed E-state index contributed by atoms with van der Waals surface area (Å²) in [5.41, 5.74) is 5.55. The SMILES string of the molecule is Cc1cc(C)c(NC(=S)NCc2ccc(S(C)(=O)=O)cc2)cc1C. The van der Waals surface area contributed by atoms with Crippen molar-refractivity contribution in [3.8, 4) is 0 Å². The molecule has 0 saturated heterocycles. The van der Waals surface area contributed by atoms with Gasteiger partial charge < -0.3 is 10.6 Å². The van der Waals surface area contributed by atoms with Crippen molar-refractivity contribution >= 4 is 32.9 Å². The van der Waals surface area contributed by atoms with Gasteiger partial charge >= 0.3 is 0 Å². The highest BCUT2D eigenvalue weighted by atomic mass is 32.2. The van der Waals surface area contributed by atoms with Crippen molar-refractivity contribution in [2.45, 2.75) is 32.2 Å². The Morgan fingerprint density at radius 1 is 1.00 bits per heavy atom. The lowest BCUT2D eigenvalue weighted by molar-refractivity contribution is 0.602. The molecule has 2 rings (SSSR count). The molecule has 0 saturated carbocycles. The van der Waals surface area contributed by atoms with Gasteiger partial charge in [-0.1, -0.05) is 18.2 Å². The van der Waals surface area contributed by atoms with E-state index in [9.17, 15) is 8.42 Å². The Bertz CT molecular complexity index is 857. The summed E-state index contributed by atoms with van der Waals surface area (Å²) in [6.45, 7) is 6.73. The molecule has 0 heterocycles. The van der Waals surface area contributed by atoms with Crippen LogP contribution in [0, 0.1) is 20.8 Å². The average Bonchev–Trinajstić information content (AvgIpc) is 2.50. The van der Waals surface area contributed by atoms with Gasteiger partial charge in [-0.25, -0.2) is 8.42 Å². The molecule has 0 aromatic heterocycles. The van der Waals surface area contributed by atoms with Crippen LogP contribution in [-0.2, 0) is 16.4 Å². The zero-order valence-electron chi connectivity index (χ0n) is 14.3. The highest BCUT2D eigenvalue weighted by Crippen LogP contribution is 2.20. The van der Waals surface area contributed by atoms with Crippen LogP contribution in [0.2, 0.25) is 0 Å². The molecule has 0 unspecified atom stereocenters. The number of rotatable bonds is 4. The van der Waals surface area contributed by atoms with E-state index in [0.29, 0.717) is 16.6 Å². The molecule has 0 fully saturated rings. The molecule has 128 valence electrons. The van der Waals surface area contributed by atoms with Crippen LogP contribution >= 0.6 is 12.2 Å². The van der Waals surface area contributed by atoms with Gasteiger partial charge in [-0.15, -0.1) is 0 Å². The second-order valence-corrected chi connectivity index (χ2v) is 8.40. The molecule has 0 spiro atoms. The van der Waals surface area contributed by atoms with Crippen molar-refractivity contribution in [2.24, 2.45) is 0 Å². The summed E-state index contributed by atoms with van der Waals surface area (Å²) in [6.07, 6.45) is 1.20. The van der Waals surface area contributed by atoms with Crippen LogP contribution < -0.4 is 10.6 Å². The molecule has 0 aliphatic carbocycles. The molecule has 24 heavy (non-hydrogen) atoms. The number of nitrogens with one attached hydrogen (secondary N) is 2. The van der Waals surface area contributed by atoms with Gasteiger partial charge in [0.1, 0.15) is 0 Å². The first kappa shape index (κ1) is 18.4. The largest absolute Gasteiger partial charge is 0.358 e. The Hall–Kier alpha value is -1.92. The first-order valence-corrected chi connectivity index (χ1v) is 9.88. The summed E-state index contributed by atoms with van der Waals surface area (Å²) in [7, 11) is -3.16. The van der Waals surface area contributed by atoms with Crippen LogP contribution in [0.5, 0.6) is 0 Å². The fraction of sp³-hybridized carbons (Fsp3) is 0.278. The van der Waals surface area contributed by atoms with Crippen molar-refractivity contribution in [1.29, 1.82) is 0 Å². The molecule has 0 aliphatic rings. The molecule has 2 aromatic rings. The van der Waals surface area contributed by atoms with E-state index >= 15 is 0 Å². The quantitative estimate of drug-likeness (QED) is 0.815. The minimum atomic E-state index is -3.16. The highest BCUT2D eigenvalue weighted by Gasteiger charge is 2.07. The predicted octanol–water partition coefficient (Wildman–Crippen LogP) is 3.50. The Balaban J connectivity index is 1.97. The average molecular weight is 363 g/mol. The summed E-state index contributed by atoms with van der Waals surface area (Å²) in [5, 5.41) is 6.88. The van der Waals surface area contributed by atoms with Crippen molar-refractivity contribution in [2.75, 3.05) is 11.6 Å². The third-order valence-corrected chi connectivity index (χ3v) is 5.27. The summed E-state index contributed by atoms with van der Waals surface area (Å²) >= 11 is 5.34. The van der Waals surface area contributed by atoms with Crippen molar-refractivity contribution < 1.29 is 8.42 Å². The van der Waals surface area contributed by atoms with E-state index < -0.39 is 9.84 Å². The van der Waals surface area contributed by atoms with Crippen LogP contribution in [0.25, 0.3) is 0 Å². The van der Waals surface area contributed by atoms with Crippen LogP contribution in [0.4, 0.5) is 5.69 Å². The van der Waals surface area contributed by atoms with E-state index in [4.69, 9.17) is 12.2 Å². The van der Waals surface area contributed by atoms with Crippen molar-refractivity contribution in [3.63, 3.8) is 0 Å². The number of sulfone groups is 1. The van der Waals surface area contributed by atoms with E-state index in [0.717, 1.165) is 16.8 Å². The van der Waals surface area contributed by atoms with Crippen molar-refractivity contribution in [1.82, 2.24) is 5.32 Å². The van der Waals surface area contributed by atoms with Gasteiger partial charge in [0.2, 0.25) is 0 Å². The summed E-state index contributed by atoms with van der Waals surface area (Å²) < 4.78 is 22.9. The number of anilines is 1. The van der Waals surface area contributed by atoms with Crippen LogP contribution in [-0.4, -0.2) is 19.8 Å². The third kappa shape index (κ3) is 4.79. The predicted molar refractivity (Wildman–Crippen MR) is 103 cm³/mol. The standard InChI is InChI=1S/C18H22N2O2S2/c1-12-9-14(3)17(10-13(12)2)20-18(23)19-11-15-5-7-16(8-6-15)24(4,21)22/h5-10H,11H2,1-4H3,(H2,19,20,23). The number of benzene rings is 2. The molecular weight excluding hydrogens is 340 g/mol. The topological polar surface area (TPSA) is 58.2 Å². The number of thiocarbonyl (C=S) groups is 1. The van der Waals surface area contributed by atoms with Gasteiger partial charge in [0, 0.05) is 18.5 Å². The van der Waals surface area contributed by atoms with E-state index in [1.54, 1.807) is 24.3 Å². The second-order valence-electron chi connectivity index (χ2n) is 5.98. The fourth-order valence-corrected chi connectivity index (χ4v) is 3.11. The van der Waals surface area contributed by atoms with E-state index in [-0.39, 0.29) is 0 Å². The zero-order chi connectivity index (χ0) is 17.9. The minimum Gasteiger partial charge on any atom is -0.358 e. The van der Waals surface area contributed by atoms with E-state index in [2.05, 4.69) is 36.6 Å². The van der Waals surface area contributed by atoms with Crippen LogP contribution in [0.3, 0.4) is 0 Å². The Morgan fingerprint density at radius 2 is 1.58 bits per heavy atom. The lowest BCUT2D eigenvalue weighted by Gasteiger charge is -2.14. The van der Waals surface area contributed by atoms with Gasteiger partial charge in [0.05, 0.1) is 4.90 Å². The van der Waals surface area contributed by atoms with E-state index in [1.165, 1.54) is 17.4 Å². The van der Waals surface area contributed by atoms with Gasteiger partial charge in [-0.05, 0) is 73.4 Å². The van der Waals surface area contributed by atoms with Crippen LogP contribution in [0.15, 0.2) is 41.3 Å². The highest BCUT2D eigenvalue weighted by molar-refractivity contribution is 7.90. The molecule has 0 aliphatic heterocycles. The van der Waals surface area contributed by atoms with Crippen LogP contribution in [0.1, 0.15) is 22.3 Å². The van der Waals surface area contributed by atoms with Gasteiger partial charge in [-0.2, -0.15) is 0 Å². The number of hydrogen-bond acceptors (Lipinski definition) is 3. The smallest absolute Gasteiger partial charge is 0.175 e. The minimum absolute atomic E-state index is 0.317. The maximum absolute atomic E-state index is 11.5. The molecule has 0 radical (unpaired) electrons. The Morgan fingerprint density at radius 3 is 2.17 bits per heavy atom. The number of hydrogen-bond donors (Lipinski definition) is 2. The monoisotopic (exact) mass is 362 g/mol. The molecular formula is C18H22N2O2S2. The summed E-state index contributed by atoms with van der Waals surface area (Å²) in [5.74, 6) is 0. The summed E-state index contributed by atoms with van der Waals surface area (Å²) in [6, 6.07) is 11.0. The fourth-order valence-electron chi connectivity index (χ4n) is 2.30. The maximum Gasteiger partial charge on any atom is 0.175 e. The molecule has 2 N–H and O–H groups in total. The molecule has 2 aromatic carbocycles. The van der Waals surface area contributed by atoms with Gasteiger partial charge in [0.25, 0.3) is 0 Å². The molecule has 0 amide bonds. The maximum atomic E-state index is 11.5. The van der Waals surface area contributed by atoms with Gasteiger partial charge in [-0.3, -0.25) is 0 Å². The lowest BCUT2D eigenvalue weighted by atomic mass is 10.1. The molecule has 0 bridgehead atoms. The Labute approximate surface area is 149 Å². The first-order chi connectivity index (χ1) is 11.2.